The fourth-order valence-electron chi connectivity index (χ4n) is 2.60. The van der Waals surface area contributed by atoms with E-state index >= 15 is 0 Å². The molecule has 92 valence electrons. The van der Waals surface area contributed by atoms with Crippen molar-refractivity contribution in [2.45, 2.75) is 20.0 Å². The van der Waals surface area contributed by atoms with Crippen LogP contribution in [0.2, 0.25) is 0 Å². The van der Waals surface area contributed by atoms with Crippen molar-refractivity contribution in [2.24, 2.45) is 0 Å². The van der Waals surface area contributed by atoms with E-state index in [1.165, 1.54) is 22.6 Å². The van der Waals surface area contributed by atoms with Gasteiger partial charge in [-0.25, -0.2) is 0 Å². The summed E-state index contributed by atoms with van der Waals surface area (Å²) in [6.45, 7) is 4.36. The Morgan fingerprint density at radius 3 is 2.61 bits per heavy atom. The van der Waals surface area contributed by atoms with Gasteiger partial charge in [0, 0.05) is 18.9 Å². The molecule has 0 aliphatic carbocycles. The summed E-state index contributed by atoms with van der Waals surface area (Å²) >= 11 is 0. The van der Waals surface area contributed by atoms with E-state index < -0.39 is 0 Å². The maximum absolute atomic E-state index is 4.26. The van der Waals surface area contributed by atoms with E-state index in [1.54, 1.807) is 0 Å². The smallest absolute Gasteiger partial charge is 0.103 e. The molecule has 3 rings (SSSR count). The molecule has 3 heteroatoms. The molecule has 0 radical (unpaired) electrons. The number of aryl methyl sites for hydroxylation is 1. The monoisotopic (exact) mass is 239 g/mol. The summed E-state index contributed by atoms with van der Waals surface area (Å²) in [7, 11) is 2.13. The topological polar surface area (TPSA) is 19.4 Å². The number of rotatable bonds is 1. The Bertz CT molecular complexity index is 579. The Morgan fingerprint density at radius 2 is 1.83 bits per heavy atom. The first-order chi connectivity index (χ1) is 8.70. The van der Waals surface area contributed by atoms with Crippen molar-refractivity contribution in [3.63, 3.8) is 0 Å². The second kappa shape index (κ2) is 4.02. The van der Waals surface area contributed by atoms with Crippen LogP contribution in [0.3, 0.4) is 0 Å². The van der Waals surface area contributed by atoms with Crippen molar-refractivity contribution in [3.05, 3.63) is 48.3 Å². The Kier molecular flexibility index (Phi) is 2.47. The summed E-state index contributed by atoms with van der Waals surface area (Å²) in [6.07, 6.45) is 4.11. The normalized spacial score (nSPS) is 18.1. The van der Waals surface area contributed by atoms with Gasteiger partial charge in [0.1, 0.15) is 6.17 Å². The molecule has 0 bridgehead atoms. The summed E-state index contributed by atoms with van der Waals surface area (Å²) in [5, 5.41) is 0. The lowest BCUT2D eigenvalue weighted by molar-refractivity contribution is 0.732. The van der Waals surface area contributed by atoms with Crippen molar-refractivity contribution in [2.75, 3.05) is 16.8 Å². The second-order valence-corrected chi connectivity index (χ2v) is 4.76. The van der Waals surface area contributed by atoms with Crippen molar-refractivity contribution in [3.8, 4) is 0 Å². The first kappa shape index (κ1) is 11.1. The van der Waals surface area contributed by atoms with Gasteiger partial charge in [-0.2, -0.15) is 0 Å². The first-order valence-corrected chi connectivity index (χ1v) is 6.22. The highest BCUT2D eigenvalue weighted by atomic mass is 15.4. The second-order valence-electron chi connectivity index (χ2n) is 4.76. The van der Waals surface area contributed by atoms with Crippen molar-refractivity contribution in [1.29, 1.82) is 0 Å². The molecule has 1 aliphatic heterocycles. The number of hydrogen-bond donors (Lipinski definition) is 0. The highest BCUT2D eigenvalue weighted by molar-refractivity contribution is 5.83. The highest BCUT2D eigenvalue weighted by Crippen LogP contribution is 2.43. The zero-order chi connectivity index (χ0) is 12.7. The molecular weight excluding hydrogens is 222 g/mol. The molecule has 0 spiro atoms. The molecule has 1 aliphatic rings. The molecule has 2 heterocycles. The zero-order valence-electron chi connectivity index (χ0n) is 11.0. The van der Waals surface area contributed by atoms with E-state index in [1.807, 2.05) is 12.4 Å². The number of nitrogens with zero attached hydrogens (tertiary/aromatic N) is 3. The van der Waals surface area contributed by atoms with E-state index in [9.17, 15) is 0 Å². The van der Waals surface area contributed by atoms with Crippen LogP contribution in [0.5, 0.6) is 0 Å². The van der Waals surface area contributed by atoms with E-state index in [-0.39, 0.29) is 0 Å². The fraction of sp³-hybridized carbons (Fsp3) is 0.267. The zero-order valence-corrected chi connectivity index (χ0v) is 11.0. The standard InChI is InChI=1S/C15H17N3/c1-11-6-4-5-7-13(11)18-12(2)17(3)14-8-9-16-10-15(14)18/h4-10,12H,1-3H3/t12-/m1/s1. The average Bonchev–Trinajstić information content (AvgIpc) is 2.64. The molecule has 3 nitrogen and oxygen atoms in total. The molecule has 1 aromatic heterocycles. The minimum Gasteiger partial charge on any atom is -0.352 e. The maximum atomic E-state index is 4.26. The van der Waals surface area contributed by atoms with Crippen molar-refractivity contribution >= 4 is 17.1 Å². The third-order valence-corrected chi connectivity index (χ3v) is 3.73. The van der Waals surface area contributed by atoms with E-state index in [0.717, 1.165) is 0 Å². The van der Waals surface area contributed by atoms with Crippen LogP contribution in [0.25, 0.3) is 0 Å². The summed E-state index contributed by atoms with van der Waals surface area (Å²) < 4.78 is 0. The third kappa shape index (κ3) is 1.47. The van der Waals surface area contributed by atoms with Crippen LogP contribution in [0, 0.1) is 6.92 Å². The number of benzene rings is 1. The first-order valence-electron chi connectivity index (χ1n) is 6.22. The number of anilines is 3. The van der Waals surface area contributed by atoms with Gasteiger partial charge in [0.2, 0.25) is 0 Å². The fourth-order valence-corrected chi connectivity index (χ4v) is 2.60. The van der Waals surface area contributed by atoms with Gasteiger partial charge < -0.3 is 9.80 Å². The van der Waals surface area contributed by atoms with Gasteiger partial charge in [-0.05, 0) is 31.5 Å². The third-order valence-electron chi connectivity index (χ3n) is 3.73. The molecule has 0 fully saturated rings. The predicted octanol–water partition coefficient (Wildman–Crippen LogP) is 3.32. The van der Waals surface area contributed by atoms with Gasteiger partial charge >= 0.3 is 0 Å². The van der Waals surface area contributed by atoms with Crippen LogP contribution in [0.4, 0.5) is 17.1 Å². The molecule has 18 heavy (non-hydrogen) atoms. The number of hydrogen-bond acceptors (Lipinski definition) is 3. The molecule has 0 N–H and O–H groups in total. The summed E-state index contributed by atoms with van der Waals surface area (Å²) in [4.78, 5) is 8.89. The van der Waals surface area contributed by atoms with Gasteiger partial charge in [0.15, 0.2) is 0 Å². The molecule has 1 atom stereocenters. The van der Waals surface area contributed by atoms with E-state index in [2.05, 4.69) is 66.0 Å². The van der Waals surface area contributed by atoms with Gasteiger partial charge in [0.05, 0.1) is 17.6 Å². The Balaban J connectivity index is 2.16. The Hall–Kier alpha value is -2.03. The van der Waals surface area contributed by atoms with Crippen molar-refractivity contribution in [1.82, 2.24) is 4.98 Å². The van der Waals surface area contributed by atoms with Crippen LogP contribution in [0.1, 0.15) is 12.5 Å². The molecule has 0 unspecified atom stereocenters. The lowest BCUT2D eigenvalue weighted by Crippen LogP contribution is -2.35. The van der Waals surface area contributed by atoms with Gasteiger partial charge in [-0.3, -0.25) is 4.98 Å². The number of fused-ring (bicyclic) bond motifs is 1. The Morgan fingerprint density at radius 1 is 1.06 bits per heavy atom. The number of para-hydroxylation sites is 1. The molecule has 0 saturated heterocycles. The lowest BCUT2D eigenvalue weighted by Gasteiger charge is -2.28. The maximum Gasteiger partial charge on any atom is 0.103 e. The van der Waals surface area contributed by atoms with Crippen LogP contribution >= 0.6 is 0 Å². The lowest BCUT2D eigenvalue weighted by atomic mass is 10.1. The molecule has 1 aromatic carbocycles. The SMILES string of the molecule is Cc1ccccc1N1c2cnccc2N(C)[C@H]1C. The van der Waals surface area contributed by atoms with Gasteiger partial charge in [0.25, 0.3) is 0 Å². The highest BCUT2D eigenvalue weighted by Gasteiger charge is 2.31. The van der Waals surface area contributed by atoms with Crippen molar-refractivity contribution < 1.29 is 0 Å². The minimum absolute atomic E-state index is 0.310. The largest absolute Gasteiger partial charge is 0.352 e. The van der Waals surface area contributed by atoms with E-state index in [0.29, 0.717) is 6.17 Å². The van der Waals surface area contributed by atoms with E-state index in [4.69, 9.17) is 0 Å². The predicted molar refractivity (Wildman–Crippen MR) is 75.4 cm³/mol. The number of pyridine rings is 1. The van der Waals surface area contributed by atoms with Crippen LogP contribution in [-0.4, -0.2) is 18.2 Å². The van der Waals surface area contributed by atoms with Crippen LogP contribution in [-0.2, 0) is 0 Å². The van der Waals surface area contributed by atoms with Crippen LogP contribution in [0.15, 0.2) is 42.7 Å². The molecule has 0 amide bonds. The Labute approximate surface area is 108 Å². The average molecular weight is 239 g/mol. The molecule has 0 saturated carbocycles. The summed E-state index contributed by atoms with van der Waals surface area (Å²) in [5.41, 5.74) is 4.96. The van der Waals surface area contributed by atoms with Gasteiger partial charge in [-0.15, -0.1) is 0 Å². The van der Waals surface area contributed by atoms with Crippen LogP contribution < -0.4 is 9.80 Å². The number of aromatic nitrogens is 1. The molecular formula is C15H17N3. The summed E-state index contributed by atoms with van der Waals surface area (Å²) in [5.74, 6) is 0. The summed E-state index contributed by atoms with van der Waals surface area (Å²) in [6, 6.07) is 10.6. The van der Waals surface area contributed by atoms with Gasteiger partial charge in [-0.1, -0.05) is 18.2 Å². The minimum atomic E-state index is 0.310. The molecule has 2 aromatic rings. The quantitative estimate of drug-likeness (QED) is 0.761.